The van der Waals surface area contributed by atoms with E-state index in [4.69, 9.17) is 9.47 Å². The van der Waals surface area contributed by atoms with E-state index >= 15 is 0 Å². The Kier molecular flexibility index (Phi) is 5.52. The molecule has 1 heterocycles. The van der Waals surface area contributed by atoms with Crippen LogP contribution in [0.15, 0.2) is 18.2 Å². The Morgan fingerprint density at radius 3 is 2.52 bits per heavy atom. The van der Waals surface area contributed by atoms with Crippen LogP contribution in [0.2, 0.25) is 0 Å². The maximum absolute atomic E-state index is 11.5. The SMILES string of the molecule is C[C@H](N[C@@H](CCC(C)(C)C)C(=O)O)c1ccc2c(c1)OCCO2. The molecule has 0 amide bonds. The average molecular weight is 321 g/mol. The summed E-state index contributed by atoms with van der Waals surface area (Å²) in [6.45, 7) is 9.44. The molecular weight excluding hydrogens is 294 g/mol. The van der Waals surface area contributed by atoms with Crippen LogP contribution in [-0.2, 0) is 4.79 Å². The number of ether oxygens (including phenoxy) is 2. The van der Waals surface area contributed by atoms with Crippen molar-refractivity contribution in [2.45, 2.75) is 52.6 Å². The van der Waals surface area contributed by atoms with Gasteiger partial charge in [-0.25, -0.2) is 0 Å². The van der Waals surface area contributed by atoms with Crippen molar-refractivity contribution < 1.29 is 19.4 Å². The number of benzene rings is 1. The van der Waals surface area contributed by atoms with Crippen LogP contribution in [0.4, 0.5) is 0 Å². The van der Waals surface area contributed by atoms with Crippen molar-refractivity contribution in [1.29, 1.82) is 0 Å². The minimum absolute atomic E-state index is 0.0769. The number of hydrogen-bond donors (Lipinski definition) is 2. The van der Waals surface area contributed by atoms with Gasteiger partial charge in [-0.2, -0.15) is 0 Å². The maximum atomic E-state index is 11.5. The van der Waals surface area contributed by atoms with Gasteiger partial charge in [-0.15, -0.1) is 0 Å². The predicted molar refractivity (Wildman–Crippen MR) is 89.1 cm³/mol. The highest BCUT2D eigenvalue weighted by Crippen LogP contribution is 2.33. The highest BCUT2D eigenvalue weighted by Gasteiger charge is 2.23. The van der Waals surface area contributed by atoms with Gasteiger partial charge >= 0.3 is 5.97 Å². The molecule has 0 spiro atoms. The molecular formula is C18H27NO4. The van der Waals surface area contributed by atoms with E-state index < -0.39 is 12.0 Å². The molecule has 2 atom stereocenters. The van der Waals surface area contributed by atoms with E-state index in [-0.39, 0.29) is 11.5 Å². The summed E-state index contributed by atoms with van der Waals surface area (Å²) in [6.07, 6.45) is 1.46. The number of aliphatic carboxylic acids is 1. The maximum Gasteiger partial charge on any atom is 0.320 e. The fourth-order valence-corrected chi connectivity index (χ4v) is 2.58. The van der Waals surface area contributed by atoms with E-state index in [0.29, 0.717) is 19.6 Å². The van der Waals surface area contributed by atoms with E-state index in [1.54, 1.807) is 0 Å². The molecule has 0 radical (unpaired) electrons. The van der Waals surface area contributed by atoms with Crippen molar-refractivity contribution in [2.75, 3.05) is 13.2 Å². The monoisotopic (exact) mass is 321 g/mol. The lowest BCUT2D eigenvalue weighted by Crippen LogP contribution is -2.39. The van der Waals surface area contributed by atoms with Crippen LogP contribution in [-0.4, -0.2) is 30.3 Å². The van der Waals surface area contributed by atoms with Crippen LogP contribution in [0.25, 0.3) is 0 Å². The third kappa shape index (κ3) is 5.13. The van der Waals surface area contributed by atoms with E-state index in [2.05, 4.69) is 26.1 Å². The van der Waals surface area contributed by atoms with Crippen LogP contribution in [0.5, 0.6) is 11.5 Å². The van der Waals surface area contributed by atoms with Gasteiger partial charge in [-0.1, -0.05) is 26.8 Å². The molecule has 5 nitrogen and oxygen atoms in total. The zero-order valence-corrected chi connectivity index (χ0v) is 14.4. The second-order valence-corrected chi connectivity index (χ2v) is 7.28. The summed E-state index contributed by atoms with van der Waals surface area (Å²) in [5.41, 5.74) is 1.12. The molecule has 0 saturated carbocycles. The number of rotatable bonds is 6. The summed E-state index contributed by atoms with van der Waals surface area (Å²) in [6, 6.07) is 5.12. The van der Waals surface area contributed by atoms with Gasteiger partial charge in [0.05, 0.1) is 0 Å². The molecule has 1 aromatic carbocycles. The minimum atomic E-state index is -0.807. The van der Waals surface area contributed by atoms with Gasteiger partial charge in [0.1, 0.15) is 19.3 Å². The standard InChI is InChI=1S/C18H27NO4/c1-12(19-14(17(20)21)7-8-18(2,3)4)13-5-6-15-16(11-13)23-10-9-22-15/h5-6,11-12,14,19H,7-10H2,1-4H3,(H,20,21)/t12-,14-/m0/s1. The van der Waals surface area contributed by atoms with Gasteiger partial charge in [0.15, 0.2) is 11.5 Å². The van der Waals surface area contributed by atoms with Gasteiger partial charge in [0.2, 0.25) is 0 Å². The van der Waals surface area contributed by atoms with Crippen molar-refractivity contribution >= 4 is 5.97 Å². The minimum Gasteiger partial charge on any atom is -0.486 e. The molecule has 128 valence electrons. The summed E-state index contributed by atoms with van der Waals surface area (Å²) in [5.74, 6) is 0.664. The quantitative estimate of drug-likeness (QED) is 0.840. The first-order valence-electron chi connectivity index (χ1n) is 8.15. The van der Waals surface area contributed by atoms with Crippen LogP contribution in [0.1, 0.15) is 52.1 Å². The number of nitrogens with one attached hydrogen (secondary N) is 1. The van der Waals surface area contributed by atoms with Crippen LogP contribution in [0.3, 0.4) is 0 Å². The van der Waals surface area contributed by atoms with Crippen molar-refractivity contribution in [3.63, 3.8) is 0 Å². The molecule has 0 bridgehead atoms. The molecule has 1 aliphatic rings. The van der Waals surface area contributed by atoms with Crippen LogP contribution in [0, 0.1) is 5.41 Å². The van der Waals surface area contributed by atoms with E-state index in [0.717, 1.165) is 23.5 Å². The summed E-state index contributed by atoms with van der Waals surface area (Å²) in [5, 5.41) is 12.7. The molecule has 1 aromatic rings. The fraction of sp³-hybridized carbons (Fsp3) is 0.611. The Hall–Kier alpha value is -1.75. The smallest absolute Gasteiger partial charge is 0.320 e. The Labute approximate surface area is 138 Å². The summed E-state index contributed by atoms with van der Waals surface area (Å²) in [7, 11) is 0. The molecule has 2 N–H and O–H groups in total. The summed E-state index contributed by atoms with van der Waals surface area (Å²) in [4.78, 5) is 11.5. The lowest BCUT2D eigenvalue weighted by Gasteiger charge is -2.25. The number of carboxylic acids is 1. The summed E-state index contributed by atoms with van der Waals surface area (Å²) >= 11 is 0. The molecule has 0 saturated heterocycles. The molecule has 1 aliphatic heterocycles. The highest BCUT2D eigenvalue weighted by molar-refractivity contribution is 5.73. The van der Waals surface area contributed by atoms with Crippen molar-refractivity contribution in [3.05, 3.63) is 23.8 Å². The van der Waals surface area contributed by atoms with Gasteiger partial charge < -0.3 is 14.6 Å². The molecule has 5 heteroatoms. The van der Waals surface area contributed by atoms with Gasteiger partial charge in [-0.05, 0) is 42.9 Å². The summed E-state index contributed by atoms with van der Waals surface area (Å²) < 4.78 is 11.1. The third-order valence-electron chi connectivity index (χ3n) is 4.00. The Balaban J connectivity index is 2.03. The zero-order valence-electron chi connectivity index (χ0n) is 14.4. The first kappa shape index (κ1) is 17.6. The molecule has 0 aromatic heterocycles. The van der Waals surface area contributed by atoms with Crippen LogP contribution >= 0.6 is 0 Å². The van der Waals surface area contributed by atoms with Crippen LogP contribution < -0.4 is 14.8 Å². The molecule has 2 rings (SSSR count). The third-order valence-corrected chi connectivity index (χ3v) is 4.00. The fourth-order valence-electron chi connectivity index (χ4n) is 2.58. The first-order chi connectivity index (χ1) is 10.8. The Morgan fingerprint density at radius 2 is 1.91 bits per heavy atom. The van der Waals surface area contributed by atoms with Gasteiger partial charge in [-0.3, -0.25) is 10.1 Å². The number of hydrogen-bond acceptors (Lipinski definition) is 4. The highest BCUT2D eigenvalue weighted by atomic mass is 16.6. The molecule has 23 heavy (non-hydrogen) atoms. The van der Waals surface area contributed by atoms with Crippen molar-refractivity contribution in [3.8, 4) is 11.5 Å². The molecule has 0 aliphatic carbocycles. The Bertz CT molecular complexity index is 550. The van der Waals surface area contributed by atoms with Gasteiger partial charge in [0, 0.05) is 6.04 Å². The van der Waals surface area contributed by atoms with E-state index in [9.17, 15) is 9.90 Å². The first-order valence-corrected chi connectivity index (χ1v) is 8.15. The van der Waals surface area contributed by atoms with Crippen molar-refractivity contribution in [1.82, 2.24) is 5.32 Å². The van der Waals surface area contributed by atoms with Gasteiger partial charge in [0.25, 0.3) is 0 Å². The number of fused-ring (bicyclic) bond motifs is 1. The predicted octanol–water partition coefficient (Wildman–Crippen LogP) is 3.39. The van der Waals surface area contributed by atoms with Crippen molar-refractivity contribution in [2.24, 2.45) is 5.41 Å². The van der Waals surface area contributed by atoms with E-state index in [1.165, 1.54) is 0 Å². The number of carboxylic acid groups (broad SMARTS) is 1. The topological polar surface area (TPSA) is 67.8 Å². The second kappa shape index (κ2) is 7.21. The Morgan fingerprint density at radius 1 is 1.26 bits per heavy atom. The lowest BCUT2D eigenvalue weighted by atomic mass is 9.88. The normalized spacial score (nSPS) is 16.7. The van der Waals surface area contributed by atoms with E-state index in [1.807, 2.05) is 25.1 Å². The zero-order chi connectivity index (χ0) is 17.0. The lowest BCUT2D eigenvalue weighted by molar-refractivity contribution is -0.140. The average Bonchev–Trinajstić information content (AvgIpc) is 2.49. The number of carbonyl (C=O) groups is 1. The second-order valence-electron chi connectivity index (χ2n) is 7.28. The largest absolute Gasteiger partial charge is 0.486 e. The molecule has 0 fully saturated rings. The molecule has 0 unspecified atom stereocenters.